The van der Waals surface area contributed by atoms with Crippen LogP contribution in [-0.2, 0) is 8.58 Å². The minimum atomic E-state index is -4.77. The molecule has 0 radical (unpaired) electrons. The van der Waals surface area contributed by atoms with E-state index in [1.54, 1.807) is 0 Å². The van der Waals surface area contributed by atoms with Crippen LogP contribution in [0.1, 0.15) is 0 Å². The zero-order chi connectivity index (χ0) is 9.12. The van der Waals surface area contributed by atoms with E-state index >= 15 is 0 Å². The van der Waals surface area contributed by atoms with Gasteiger partial charge in [-0.15, -0.1) is 0 Å². The van der Waals surface area contributed by atoms with E-state index in [-0.39, 0.29) is 0 Å². The van der Waals surface area contributed by atoms with Crippen molar-refractivity contribution in [2.24, 2.45) is 0 Å². The van der Waals surface area contributed by atoms with E-state index in [1.165, 1.54) is 0 Å². The standard InChI is InChI=1S/CH2Cl2O8/c4-2(5,6)10-1-11-3(7,8)9/h1H2. The SMILES string of the molecule is [O-][Cl+3]([O-])([O-])OCO[Cl+3]([O-])([O-])[O-]. The van der Waals surface area contributed by atoms with Crippen LogP contribution in [0.2, 0.25) is 0 Å². The molecule has 0 amide bonds. The van der Waals surface area contributed by atoms with E-state index in [0.29, 0.717) is 0 Å². The largest absolute Gasteiger partial charge is 0.450 e. The van der Waals surface area contributed by atoms with Crippen LogP contribution in [0.3, 0.4) is 0 Å². The second kappa shape index (κ2) is 3.78. The summed E-state index contributed by atoms with van der Waals surface area (Å²) in [4.78, 5) is 0. The Hall–Kier alpha value is 0.260. The average Bonchev–Trinajstić information content (AvgIpc) is 1.55. The molecule has 0 rings (SSSR count). The predicted octanol–water partition coefficient (Wildman–Crippen LogP) is -7.23. The lowest BCUT2D eigenvalue weighted by Gasteiger charge is -2.13. The minimum Gasteiger partial charge on any atom is -0.183 e. The fraction of sp³-hybridized carbons (Fsp3) is 1.00. The van der Waals surface area contributed by atoms with Crippen molar-refractivity contribution in [2.75, 3.05) is 6.79 Å². The summed E-state index contributed by atoms with van der Waals surface area (Å²) >= 11 is 0. The molecule has 0 spiro atoms. The Morgan fingerprint density at radius 3 is 1.18 bits per heavy atom. The molecule has 11 heavy (non-hydrogen) atoms. The third-order valence-electron chi connectivity index (χ3n) is 0.356. The van der Waals surface area contributed by atoms with Crippen molar-refractivity contribution in [3.8, 4) is 0 Å². The zero-order valence-electron chi connectivity index (χ0n) is 4.73. The van der Waals surface area contributed by atoms with Crippen molar-refractivity contribution in [2.45, 2.75) is 0 Å². The van der Waals surface area contributed by atoms with Crippen LogP contribution >= 0.6 is 0 Å². The van der Waals surface area contributed by atoms with Crippen molar-refractivity contribution < 1.29 is 57.0 Å². The molecule has 0 aromatic rings. The van der Waals surface area contributed by atoms with Crippen molar-refractivity contribution in [1.29, 1.82) is 0 Å². The van der Waals surface area contributed by atoms with E-state index in [2.05, 4.69) is 8.58 Å². The smallest absolute Gasteiger partial charge is 0.183 e. The normalized spacial score (nSPS) is 13.6. The molecule has 0 saturated carbocycles. The van der Waals surface area contributed by atoms with E-state index in [9.17, 15) is 28.0 Å². The summed E-state index contributed by atoms with van der Waals surface area (Å²) < 4.78 is 63.6. The summed E-state index contributed by atoms with van der Waals surface area (Å²) in [5.41, 5.74) is 0. The molecule has 0 aromatic heterocycles. The molecule has 8 nitrogen and oxygen atoms in total. The lowest BCUT2D eigenvalue weighted by molar-refractivity contribution is -1.93. The van der Waals surface area contributed by atoms with Crippen LogP contribution in [0.4, 0.5) is 0 Å². The lowest BCUT2D eigenvalue weighted by Crippen LogP contribution is -2.64. The number of rotatable bonds is 4. The summed E-state index contributed by atoms with van der Waals surface area (Å²) in [6, 6.07) is 0. The molecule has 0 aliphatic rings. The van der Waals surface area contributed by atoms with E-state index < -0.39 is 27.3 Å². The molecule has 0 aliphatic carbocycles. The van der Waals surface area contributed by atoms with Crippen LogP contribution in [0.25, 0.3) is 0 Å². The van der Waals surface area contributed by atoms with Gasteiger partial charge in [0.15, 0.2) is 0 Å². The first kappa shape index (κ1) is 11.3. The van der Waals surface area contributed by atoms with Gasteiger partial charge in [0.2, 0.25) is 0 Å². The van der Waals surface area contributed by atoms with Gasteiger partial charge in [0, 0.05) is 0 Å². The third kappa shape index (κ3) is 10.3. The Balaban J connectivity index is 3.44. The molecule has 0 fully saturated rings. The predicted molar refractivity (Wildman–Crippen MR) is 7.04 cm³/mol. The van der Waals surface area contributed by atoms with Gasteiger partial charge >= 0.3 is 6.79 Å². The van der Waals surface area contributed by atoms with Gasteiger partial charge in [-0.2, -0.15) is 28.0 Å². The van der Waals surface area contributed by atoms with Crippen molar-refractivity contribution in [3.05, 3.63) is 0 Å². The molecule has 0 unspecified atom stereocenters. The van der Waals surface area contributed by atoms with Gasteiger partial charge in [0.25, 0.3) is 0 Å². The fourth-order valence-corrected chi connectivity index (χ4v) is 0.479. The van der Waals surface area contributed by atoms with Gasteiger partial charge < -0.3 is 0 Å². The minimum absolute atomic E-state index is 1.46. The highest BCUT2D eigenvalue weighted by Gasteiger charge is 2.27. The molecule has 0 N–H and O–H groups in total. The Bertz CT molecular complexity index is 96.2. The first-order valence-corrected chi connectivity index (χ1v) is 4.28. The van der Waals surface area contributed by atoms with Gasteiger partial charge in [0.05, 0.1) is 20.5 Å². The molecule has 0 heterocycles. The molecule has 0 saturated heterocycles. The lowest BCUT2D eigenvalue weighted by atomic mass is 11.6. The maximum absolute atomic E-state index is 9.53. The Morgan fingerprint density at radius 1 is 0.727 bits per heavy atom. The number of hydrogen-bond acceptors (Lipinski definition) is 8. The topological polar surface area (TPSA) is 157 Å². The Kier molecular flexibility index (Phi) is 3.87. The summed E-state index contributed by atoms with van der Waals surface area (Å²) in [6.45, 7) is -1.46. The highest BCUT2D eigenvalue weighted by Crippen LogP contribution is 1.93. The van der Waals surface area contributed by atoms with Gasteiger partial charge in [-0.3, -0.25) is 0 Å². The van der Waals surface area contributed by atoms with E-state index in [4.69, 9.17) is 0 Å². The Labute approximate surface area is 64.7 Å². The van der Waals surface area contributed by atoms with Crippen LogP contribution in [0.15, 0.2) is 0 Å². The molecular formula is CH2Cl2O8. The summed E-state index contributed by atoms with van der Waals surface area (Å²) in [5, 5.41) is 0. The van der Waals surface area contributed by atoms with Crippen molar-refractivity contribution in [3.63, 3.8) is 0 Å². The average molecular weight is 213 g/mol. The van der Waals surface area contributed by atoms with Crippen molar-refractivity contribution in [1.82, 2.24) is 0 Å². The highest BCUT2D eigenvalue weighted by atomic mass is 35.7. The molecule has 68 valence electrons. The van der Waals surface area contributed by atoms with Crippen LogP contribution in [-0.4, -0.2) is 6.79 Å². The molecule has 10 heteroatoms. The fourth-order valence-electron chi connectivity index (χ4n) is 0.126. The highest BCUT2D eigenvalue weighted by molar-refractivity contribution is 3.66. The molecule has 0 aromatic carbocycles. The maximum atomic E-state index is 9.53. The van der Waals surface area contributed by atoms with Gasteiger partial charge in [-0.1, -0.05) is 0 Å². The molecular weight excluding hydrogens is 211 g/mol. The monoisotopic (exact) mass is 212 g/mol. The van der Waals surface area contributed by atoms with Crippen molar-refractivity contribution >= 4 is 0 Å². The first-order valence-electron chi connectivity index (χ1n) is 1.81. The Morgan fingerprint density at radius 2 is 1.00 bits per heavy atom. The van der Waals surface area contributed by atoms with Crippen LogP contribution in [0, 0.1) is 20.5 Å². The second-order valence-corrected chi connectivity index (χ2v) is 3.04. The summed E-state index contributed by atoms with van der Waals surface area (Å²) in [5.74, 6) is 0. The van der Waals surface area contributed by atoms with Crippen LogP contribution in [0.5, 0.6) is 0 Å². The van der Waals surface area contributed by atoms with Gasteiger partial charge in [0.1, 0.15) is 8.58 Å². The van der Waals surface area contributed by atoms with Crippen LogP contribution < -0.4 is 28.0 Å². The summed E-state index contributed by atoms with van der Waals surface area (Å²) in [7, 11) is -9.55. The molecule has 0 aliphatic heterocycles. The van der Waals surface area contributed by atoms with E-state index in [0.717, 1.165) is 0 Å². The second-order valence-electron chi connectivity index (χ2n) is 1.09. The van der Waals surface area contributed by atoms with Gasteiger partial charge in [-0.05, 0) is 0 Å². The number of hydrogen-bond donors (Lipinski definition) is 0. The first-order chi connectivity index (χ1) is 4.71. The van der Waals surface area contributed by atoms with E-state index in [1.807, 2.05) is 0 Å². The van der Waals surface area contributed by atoms with Gasteiger partial charge in [-0.25, -0.2) is 0 Å². The quantitative estimate of drug-likeness (QED) is 0.416. The summed E-state index contributed by atoms with van der Waals surface area (Å²) in [6.07, 6.45) is 0. The molecule has 0 bridgehead atoms. The number of halogens is 2. The maximum Gasteiger partial charge on any atom is 0.450 e. The third-order valence-corrected chi connectivity index (χ3v) is 1.07. The zero-order valence-corrected chi connectivity index (χ0v) is 6.24. The molecule has 0 atom stereocenters.